The van der Waals surface area contributed by atoms with Crippen molar-refractivity contribution in [3.63, 3.8) is 0 Å². The van der Waals surface area contributed by atoms with Crippen LogP contribution < -0.4 is 0 Å². The summed E-state index contributed by atoms with van der Waals surface area (Å²) in [5, 5.41) is 0. The van der Waals surface area contributed by atoms with Gasteiger partial charge in [-0.3, -0.25) is 4.79 Å². The molecule has 20 heavy (non-hydrogen) atoms. The Hall–Kier alpha value is -2.10. The average Bonchev–Trinajstić information content (AvgIpc) is 2.99. The highest BCUT2D eigenvalue weighted by Gasteiger charge is 2.19. The van der Waals surface area contributed by atoms with Crippen molar-refractivity contribution in [3.8, 4) is 0 Å². The Morgan fingerprint density at radius 3 is 2.75 bits per heavy atom. The van der Waals surface area contributed by atoms with Crippen LogP contribution in [-0.2, 0) is 9.53 Å². The summed E-state index contributed by atoms with van der Waals surface area (Å²) in [5.74, 6) is -0.308. The molecule has 0 aromatic heterocycles. The van der Waals surface area contributed by atoms with Gasteiger partial charge in [0.05, 0.1) is 6.61 Å². The van der Waals surface area contributed by atoms with Gasteiger partial charge in [0.25, 0.3) is 5.91 Å². The Morgan fingerprint density at radius 1 is 1.30 bits per heavy atom. The molecule has 0 saturated carbocycles. The lowest BCUT2D eigenvalue weighted by Gasteiger charge is -2.15. The first-order chi connectivity index (χ1) is 9.70. The summed E-state index contributed by atoms with van der Waals surface area (Å²) in [6.07, 6.45) is 5.20. The van der Waals surface area contributed by atoms with E-state index in [0.29, 0.717) is 12.2 Å². The monoisotopic (exact) mass is 273 g/mol. The maximum absolute atomic E-state index is 12.2. The van der Waals surface area contributed by atoms with E-state index in [2.05, 4.69) is 0 Å². The molecule has 0 unspecified atom stereocenters. The molecule has 2 rings (SSSR count). The lowest BCUT2D eigenvalue weighted by molar-refractivity contribution is -0.137. The number of hydrogen-bond acceptors (Lipinski definition) is 3. The highest BCUT2D eigenvalue weighted by atomic mass is 16.5. The van der Waals surface area contributed by atoms with E-state index in [-0.39, 0.29) is 11.9 Å². The van der Waals surface area contributed by atoms with Gasteiger partial charge in [-0.05, 0) is 43.5 Å². The molecule has 0 atom stereocenters. The molecule has 4 heteroatoms. The van der Waals surface area contributed by atoms with Crippen LogP contribution in [0.3, 0.4) is 0 Å². The molecule has 1 aliphatic rings. The molecule has 1 fully saturated rings. The van der Waals surface area contributed by atoms with Gasteiger partial charge in [0.15, 0.2) is 0 Å². The Kier molecular flexibility index (Phi) is 4.93. The fourth-order valence-corrected chi connectivity index (χ4v) is 2.23. The van der Waals surface area contributed by atoms with Gasteiger partial charge in [0.1, 0.15) is 0 Å². The van der Waals surface area contributed by atoms with E-state index in [9.17, 15) is 9.59 Å². The highest BCUT2D eigenvalue weighted by Crippen LogP contribution is 2.14. The second-order valence-electron chi connectivity index (χ2n) is 4.71. The van der Waals surface area contributed by atoms with Crippen LogP contribution in [0.15, 0.2) is 30.3 Å². The van der Waals surface area contributed by atoms with E-state index in [0.717, 1.165) is 31.5 Å². The van der Waals surface area contributed by atoms with Gasteiger partial charge >= 0.3 is 5.97 Å². The molecule has 1 amide bonds. The maximum atomic E-state index is 12.2. The minimum atomic E-state index is -0.372. The van der Waals surface area contributed by atoms with Crippen LogP contribution in [0.5, 0.6) is 0 Å². The highest BCUT2D eigenvalue weighted by molar-refractivity contribution is 5.95. The first-order valence-corrected chi connectivity index (χ1v) is 6.95. The molecule has 1 aromatic rings. The first-order valence-electron chi connectivity index (χ1n) is 6.95. The van der Waals surface area contributed by atoms with Crippen molar-refractivity contribution >= 4 is 18.0 Å². The summed E-state index contributed by atoms with van der Waals surface area (Å²) in [5.41, 5.74) is 1.49. The second-order valence-corrected chi connectivity index (χ2v) is 4.71. The number of carbonyl (C=O) groups is 2. The summed E-state index contributed by atoms with van der Waals surface area (Å²) in [4.78, 5) is 25.4. The van der Waals surface area contributed by atoms with Crippen molar-refractivity contribution in [1.29, 1.82) is 0 Å². The molecule has 0 radical (unpaired) electrons. The zero-order valence-corrected chi connectivity index (χ0v) is 11.7. The van der Waals surface area contributed by atoms with Crippen molar-refractivity contribution in [2.24, 2.45) is 0 Å². The molecule has 0 bridgehead atoms. The smallest absolute Gasteiger partial charge is 0.330 e. The van der Waals surface area contributed by atoms with Gasteiger partial charge in [-0.15, -0.1) is 0 Å². The minimum Gasteiger partial charge on any atom is -0.463 e. The molecule has 1 aromatic carbocycles. The Bertz CT molecular complexity index is 516. The van der Waals surface area contributed by atoms with Crippen LogP contribution in [0, 0.1) is 0 Å². The number of likely N-dealkylation sites (tertiary alicyclic amines) is 1. The normalized spacial score (nSPS) is 14.8. The maximum Gasteiger partial charge on any atom is 0.330 e. The van der Waals surface area contributed by atoms with E-state index in [1.54, 1.807) is 19.1 Å². The molecule has 4 nitrogen and oxygen atoms in total. The predicted molar refractivity (Wildman–Crippen MR) is 77.2 cm³/mol. The van der Waals surface area contributed by atoms with Crippen molar-refractivity contribution in [2.45, 2.75) is 19.8 Å². The van der Waals surface area contributed by atoms with Gasteiger partial charge in [0.2, 0.25) is 0 Å². The van der Waals surface area contributed by atoms with Gasteiger partial charge in [-0.1, -0.05) is 12.1 Å². The van der Waals surface area contributed by atoms with Crippen LogP contribution in [0.2, 0.25) is 0 Å². The van der Waals surface area contributed by atoms with Gasteiger partial charge in [0, 0.05) is 24.7 Å². The Balaban J connectivity index is 2.07. The second kappa shape index (κ2) is 6.89. The number of esters is 1. The van der Waals surface area contributed by atoms with E-state index in [1.165, 1.54) is 6.08 Å². The van der Waals surface area contributed by atoms with Crippen LogP contribution in [0.1, 0.15) is 35.7 Å². The predicted octanol–water partition coefficient (Wildman–Crippen LogP) is 2.50. The number of rotatable bonds is 4. The first kappa shape index (κ1) is 14.3. The molecule has 0 spiro atoms. The number of hydrogen-bond donors (Lipinski definition) is 0. The van der Waals surface area contributed by atoms with E-state index >= 15 is 0 Å². The molecule has 106 valence electrons. The number of ether oxygens (including phenoxy) is 1. The molecular formula is C16H19NO3. The number of carbonyl (C=O) groups excluding carboxylic acids is 2. The topological polar surface area (TPSA) is 46.6 Å². The molecule has 1 saturated heterocycles. The Labute approximate surface area is 119 Å². The summed E-state index contributed by atoms with van der Waals surface area (Å²) < 4.78 is 4.82. The van der Waals surface area contributed by atoms with Crippen LogP contribution >= 0.6 is 0 Å². The van der Waals surface area contributed by atoms with Crippen LogP contribution in [0.4, 0.5) is 0 Å². The molecule has 0 N–H and O–H groups in total. The fraction of sp³-hybridized carbons (Fsp3) is 0.375. The molecule has 1 aliphatic heterocycles. The van der Waals surface area contributed by atoms with Gasteiger partial charge < -0.3 is 9.64 Å². The summed E-state index contributed by atoms with van der Waals surface area (Å²) in [6, 6.07) is 7.29. The number of nitrogens with zero attached hydrogens (tertiary/aromatic N) is 1. The average molecular weight is 273 g/mol. The van der Waals surface area contributed by atoms with Crippen molar-refractivity contribution in [1.82, 2.24) is 4.90 Å². The standard InChI is InChI=1S/C16H19NO3/c1-2-20-15(18)9-8-13-6-5-7-14(12-13)16(19)17-10-3-4-11-17/h5-9,12H,2-4,10-11H2,1H3. The van der Waals surface area contributed by atoms with Crippen molar-refractivity contribution in [2.75, 3.05) is 19.7 Å². The minimum absolute atomic E-state index is 0.0638. The molecule has 1 heterocycles. The van der Waals surface area contributed by atoms with E-state index < -0.39 is 0 Å². The fourth-order valence-electron chi connectivity index (χ4n) is 2.23. The zero-order chi connectivity index (χ0) is 14.4. The largest absolute Gasteiger partial charge is 0.463 e. The lowest BCUT2D eigenvalue weighted by atomic mass is 10.1. The summed E-state index contributed by atoms with van der Waals surface area (Å²) in [6.45, 7) is 3.79. The van der Waals surface area contributed by atoms with Crippen LogP contribution in [0.25, 0.3) is 6.08 Å². The third-order valence-electron chi connectivity index (χ3n) is 3.23. The SMILES string of the molecule is CCOC(=O)C=Cc1cccc(C(=O)N2CCCC2)c1. The summed E-state index contributed by atoms with van der Waals surface area (Å²) >= 11 is 0. The Morgan fingerprint density at radius 2 is 2.05 bits per heavy atom. The quantitative estimate of drug-likeness (QED) is 0.625. The third kappa shape index (κ3) is 3.70. The van der Waals surface area contributed by atoms with Crippen molar-refractivity contribution < 1.29 is 14.3 Å². The number of amides is 1. The van der Waals surface area contributed by atoms with Gasteiger partial charge in [-0.25, -0.2) is 4.79 Å². The van der Waals surface area contributed by atoms with E-state index in [1.807, 2.05) is 23.1 Å². The summed E-state index contributed by atoms with van der Waals surface area (Å²) in [7, 11) is 0. The van der Waals surface area contributed by atoms with E-state index in [4.69, 9.17) is 4.74 Å². The number of benzene rings is 1. The van der Waals surface area contributed by atoms with Gasteiger partial charge in [-0.2, -0.15) is 0 Å². The van der Waals surface area contributed by atoms with Crippen molar-refractivity contribution in [3.05, 3.63) is 41.5 Å². The third-order valence-corrected chi connectivity index (χ3v) is 3.23. The molecule has 0 aliphatic carbocycles. The lowest BCUT2D eigenvalue weighted by Crippen LogP contribution is -2.27. The molecular weight excluding hydrogens is 254 g/mol. The van der Waals surface area contributed by atoms with Crippen LogP contribution in [-0.4, -0.2) is 36.5 Å². The zero-order valence-electron chi connectivity index (χ0n) is 11.7.